The van der Waals surface area contributed by atoms with Crippen LogP contribution < -0.4 is 20.1 Å². The van der Waals surface area contributed by atoms with E-state index in [-0.39, 0.29) is 0 Å². The predicted molar refractivity (Wildman–Crippen MR) is 105 cm³/mol. The predicted octanol–water partition coefficient (Wildman–Crippen LogP) is 5.29. The monoisotopic (exact) mass is 390 g/mol. The summed E-state index contributed by atoms with van der Waals surface area (Å²) in [5.74, 6) is 2.35. The first kappa shape index (κ1) is 18.1. The zero-order valence-electron chi connectivity index (χ0n) is 14.1. The van der Waals surface area contributed by atoms with Crippen LogP contribution in [0.2, 0.25) is 10.0 Å². The molecule has 0 atom stereocenters. The van der Waals surface area contributed by atoms with Crippen molar-refractivity contribution in [3.8, 4) is 11.5 Å². The first-order valence-corrected chi connectivity index (χ1v) is 8.39. The highest BCUT2D eigenvalue weighted by Crippen LogP contribution is 2.31. The fraction of sp³-hybridized carbons (Fsp3) is 0.111. The van der Waals surface area contributed by atoms with Gasteiger partial charge in [0.05, 0.1) is 30.0 Å². The second-order valence-electron chi connectivity index (χ2n) is 5.21. The van der Waals surface area contributed by atoms with Gasteiger partial charge in [-0.05, 0) is 36.4 Å². The Balaban J connectivity index is 1.82. The van der Waals surface area contributed by atoms with E-state index in [1.54, 1.807) is 50.7 Å². The second-order valence-corrected chi connectivity index (χ2v) is 6.02. The number of ether oxygens (including phenoxy) is 2. The molecule has 0 fully saturated rings. The van der Waals surface area contributed by atoms with Crippen molar-refractivity contribution < 1.29 is 9.47 Å². The first-order chi connectivity index (χ1) is 12.6. The summed E-state index contributed by atoms with van der Waals surface area (Å²) in [5, 5.41) is 7.25. The van der Waals surface area contributed by atoms with Crippen LogP contribution in [0.5, 0.6) is 11.5 Å². The minimum Gasteiger partial charge on any atom is -0.497 e. The largest absolute Gasteiger partial charge is 0.497 e. The van der Waals surface area contributed by atoms with Crippen molar-refractivity contribution in [2.24, 2.45) is 0 Å². The summed E-state index contributed by atoms with van der Waals surface area (Å²) in [7, 11) is 3.19. The lowest BCUT2D eigenvalue weighted by Gasteiger charge is -2.12. The molecule has 2 aromatic carbocycles. The van der Waals surface area contributed by atoms with E-state index >= 15 is 0 Å². The van der Waals surface area contributed by atoms with Crippen LogP contribution >= 0.6 is 23.2 Å². The van der Waals surface area contributed by atoms with Crippen LogP contribution in [0.25, 0.3) is 0 Å². The van der Waals surface area contributed by atoms with Crippen molar-refractivity contribution in [2.75, 3.05) is 24.9 Å². The minimum atomic E-state index is 0.404. The Morgan fingerprint density at radius 2 is 1.73 bits per heavy atom. The Hall–Kier alpha value is -2.70. The topological polar surface area (TPSA) is 68.3 Å². The lowest BCUT2D eigenvalue weighted by atomic mass is 10.2. The Kier molecular flexibility index (Phi) is 5.65. The van der Waals surface area contributed by atoms with Crippen LogP contribution in [-0.2, 0) is 0 Å². The molecular weight excluding hydrogens is 375 g/mol. The lowest BCUT2D eigenvalue weighted by molar-refractivity contribution is 0.405. The van der Waals surface area contributed by atoms with Crippen LogP contribution in [0.1, 0.15) is 0 Å². The molecule has 1 aromatic heterocycles. The van der Waals surface area contributed by atoms with Gasteiger partial charge in [-0.15, -0.1) is 0 Å². The summed E-state index contributed by atoms with van der Waals surface area (Å²) in [6.45, 7) is 0. The lowest BCUT2D eigenvalue weighted by Crippen LogP contribution is -2.02. The van der Waals surface area contributed by atoms with Gasteiger partial charge in [-0.2, -0.15) is 4.98 Å². The number of hydrogen-bond donors (Lipinski definition) is 2. The zero-order valence-corrected chi connectivity index (χ0v) is 15.6. The molecule has 134 valence electrons. The summed E-state index contributed by atoms with van der Waals surface area (Å²) in [5.41, 5.74) is 1.46. The van der Waals surface area contributed by atoms with Crippen LogP contribution in [0.15, 0.2) is 48.7 Å². The number of anilines is 4. The molecule has 3 rings (SSSR count). The number of nitrogens with zero attached hydrogens (tertiary/aromatic N) is 2. The highest BCUT2D eigenvalue weighted by Gasteiger charge is 2.08. The van der Waals surface area contributed by atoms with Crippen molar-refractivity contribution >= 4 is 46.3 Å². The van der Waals surface area contributed by atoms with Crippen molar-refractivity contribution in [3.05, 3.63) is 58.7 Å². The van der Waals surface area contributed by atoms with Gasteiger partial charge in [-0.25, -0.2) is 4.98 Å². The van der Waals surface area contributed by atoms with E-state index in [0.717, 1.165) is 5.69 Å². The maximum atomic E-state index is 6.04. The molecule has 0 amide bonds. The average molecular weight is 391 g/mol. The maximum Gasteiger partial charge on any atom is 0.229 e. The van der Waals surface area contributed by atoms with Gasteiger partial charge in [0.1, 0.15) is 17.3 Å². The molecular formula is C18H16Cl2N4O2. The summed E-state index contributed by atoms with van der Waals surface area (Å²) < 4.78 is 10.6. The standard InChI is InChI=1S/C18H16Cl2N4O2/c1-25-12-4-6-16(26-2)15(10-12)23-18-21-8-7-17(24-18)22-11-3-5-13(19)14(20)9-11/h3-10H,1-2H3,(H2,21,22,23,24). The maximum absolute atomic E-state index is 6.04. The van der Waals surface area contributed by atoms with E-state index in [1.807, 2.05) is 12.1 Å². The molecule has 0 aliphatic heterocycles. The van der Waals surface area contributed by atoms with E-state index in [2.05, 4.69) is 20.6 Å². The van der Waals surface area contributed by atoms with Crippen molar-refractivity contribution in [1.29, 1.82) is 0 Å². The van der Waals surface area contributed by atoms with E-state index in [4.69, 9.17) is 32.7 Å². The van der Waals surface area contributed by atoms with Crippen molar-refractivity contribution in [2.45, 2.75) is 0 Å². The number of hydrogen-bond acceptors (Lipinski definition) is 6. The van der Waals surface area contributed by atoms with Gasteiger partial charge in [0.2, 0.25) is 5.95 Å². The fourth-order valence-electron chi connectivity index (χ4n) is 2.24. The van der Waals surface area contributed by atoms with Crippen molar-refractivity contribution in [1.82, 2.24) is 9.97 Å². The van der Waals surface area contributed by atoms with E-state index in [9.17, 15) is 0 Å². The molecule has 0 unspecified atom stereocenters. The molecule has 0 aliphatic carbocycles. The molecule has 1 heterocycles. The average Bonchev–Trinajstić information content (AvgIpc) is 2.65. The number of methoxy groups -OCH3 is 2. The Morgan fingerprint density at radius 1 is 0.885 bits per heavy atom. The highest BCUT2D eigenvalue weighted by molar-refractivity contribution is 6.42. The summed E-state index contributed by atoms with van der Waals surface area (Å²) in [6.07, 6.45) is 1.64. The third-order valence-corrected chi connectivity index (χ3v) is 4.24. The molecule has 0 radical (unpaired) electrons. The normalized spacial score (nSPS) is 10.3. The van der Waals surface area contributed by atoms with E-state index in [1.165, 1.54) is 0 Å². The second kappa shape index (κ2) is 8.12. The Labute approximate surface area is 161 Å². The van der Waals surface area contributed by atoms with E-state index in [0.29, 0.717) is 39.0 Å². The molecule has 26 heavy (non-hydrogen) atoms. The third kappa shape index (κ3) is 4.28. The zero-order chi connectivity index (χ0) is 18.5. The highest BCUT2D eigenvalue weighted by atomic mass is 35.5. The number of nitrogens with one attached hydrogen (secondary N) is 2. The van der Waals surface area contributed by atoms with Gasteiger partial charge in [-0.1, -0.05) is 23.2 Å². The number of halogens is 2. The van der Waals surface area contributed by atoms with Gasteiger partial charge in [-0.3, -0.25) is 0 Å². The molecule has 8 heteroatoms. The van der Waals surface area contributed by atoms with Gasteiger partial charge < -0.3 is 20.1 Å². The van der Waals surface area contributed by atoms with Crippen LogP contribution in [0, 0.1) is 0 Å². The summed E-state index contributed by atoms with van der Waals surface area (Å²) in [6, 6.07) is 12.4. The molecule has 0 saturated carbocycles. The van der Waals surface area contributed by atoms with Gasteiger partial charge in [0, 0.05) is 18.0 Å². The van der Waals surface area contributed by atoms with Crippen LogP contribution in [-0.4, -0.2) is 24.2 Å². The SMILES string of the molecule is COc1ccc(OC)c(Nc2nccc(Nc3ccc(Cl)c(Cl)c3)n2)c1. The van der Waals surface area contributed by atoms with Gasteiger partial charge in [0.15, 0.2) is 0 Å². The fourth-order valence-corrected chi connectivity index (χ4v) is 2.54. The molecule has 0 aliphatic rings. The molecule has 0 bridgehead atoms. The molecule has 2 N–H and O–H groups in total. The molecule has 6 nitrogen and oxygen atoms in total. The third-order valence-electron chi connectivity index (χ3n) is 3.50. The van der Waals surface area contributed by atoms with Crippen molar-refractivity contribution in [3.63, 3.8) is 0 Å². The van der Waals surface area contributed by atoms with Gasteiger partial charge >= 0.3 is 0 Å². The smallest absolute Gasteiger partial charge is 0.229 e. The van der Waals surface area contributed by atoms with Crippen LogP contribution in [0.3, 0.4) is 0 Å². The number of rotatable bonds is 6. The first-order valence-electron chi connectivity index (χ1n) is 7.63. The minimum absolute atomic E-state index is 0.404. The summed E-state index contributed by atoms with van der Waals surface area (Å²) in [4.78, 5) is 8.67. The van der Waals surface area contributed by atoms with Gasteiger partial charge in [0.25, 0.3) is 0 Å². The quantitative estimate of drug-likeness (QED) is 0.595. The van der Waals surface area contributed by atoms with Crippen LogP contribution in [0.4, 0.5) is 23.1 Å². The number of benzene rings is 2. The Morgan fingerprint density at radius 3 is 2.46 bits per heavy atom. The number of aromatic nitrogens is 2. The molecule has 3 aromatic rings. The molecule has 0 spiro atoms. The van der Waals surface area contributed by atoms with E-state index < -0.39 is 0 Å². The molecule has 0 saturated heterocycles. The summed E-state index contributed by atoms with van der Waals surface area (Å²) >= 11 is 12.0. The Bertz CT molecular complexity index is 921.